The minimum atomic E-state index is -0.990. The van der Waals surface area contributed by atoms with Crippen LogP contribution in [-0.4, -0.2) is 22.6 Å². The molecule has 0 spiro atoms. The summed E-state index contributed by atoms with van der Waals surface area (Å²) in [5.41, 5.74) is 0.849. The molecule has 6 heteroatoms. The number of nitrogens with one attached hydrogen (secondary N) is 2. The Labute approximate surface area is 144 Å². The molecule has 1 unspecified atom stereocenters. The number of para-hydroxylation sites is 1. The smallest absolute Gasteiger partial charge is 0.229 e. The Hall–Kier alpha value is -3.02. The van der Waals surface area contributed by atoms with Gasteiger partial charge in [0, 0.05) is 24.5 Å². The van der Waals surface area contributed by atoms with E-state index in [0.29, 0.717) is 17.8 Å². The third-order valence-electron chi connectivity index (χ3n) is 5.19. The van der Waals surface area contributed by atoms with E-state index in [1.165, 1.54) is 0 Å². The first-order valence-electron chi connectivity index (χ1n) is 8.15. The molecule has 0 saturated heterocycles. The number of hydrogen-bond donors (Lipinski definition) is 2. The van der Waals surface area contributed by atoms with E-state index < -0.39 is 17.3 Å². The van der Waals surface area contributed by atoms with Crippen LogP contribution in [0.25, 0.3) is 0 Å². The molecular weight excluding hydrogens is 318 g/mol. The lowest BCUT2D eigenvalue weighted by molar-refractivity contribution is -0.125. The number of nitrogens with zero attached hydrogens (tertiary/aromatic N) is 1. The van der Waals surface area contributed by atoms with Gasteiger partial charge in [-0.2, -0.15) is 0 Å². The number of pyridine rings is 1. The van der Waals surface area contributed by atoms with Crippen LogP contribution in [0.3, 0.4) is 0 Å². The molecule has 1 aromatic heterocycles. The van der Waals surface area contributed by atoms with Crippen LogP contribution in [0.5, 0.6) is 0 Å². The van der Waals surface area contributed by atoms with Gasteiger partial charge in [-0.25, -0.2) is 0 Å². The van der Waals surface area contributed by atoms with Crippen molar-refractivity contribution in [3.63, 3.8) is 0 Å². The van der Waals surface area contributed by atoms with E-state index in [4.69, 9.17) is 0 Å². The summed E-state index contributed by atoms with van der Waals surface area (Å²) in [5.74, 6) is -2.00. The van der Waals surface area contributed by atoms with Gasteiger partial charge in [0.15, 0.2) is 5.78 Å². The molecule has 2 aromatic rings. The van der Waals surface area contributed by atoms with Gasteiger partial charge in [-0.05, 0) is 23.8 Å². The van der Waals surface area contributed by atoms with Crippen LogP contribution in [0.1, 0.15) is 22.8 Å². The predicted molar refractivity (Wildman–Crippen MR) is 90.6 cm³/mol. The lowest BCUT2D eigenvalue weighted by atomic mass is 9.92. The molecular formula is C19H17N3O3. The Kier molecular flexibility index (Phi) is 3.42. The van der Waals surface area contributed by atoms with Gasteiger partial charge in [0.1, 0.15) is 0 Å². The number of amides is 2. The molecule has 0 bridgehead atoms. The van der Waals surface area contributed by atoms with E-state index in [2.05, 4.69) is 15.6 Å². The van der Waals surface area contributed by atoms with E-state index in [0.717, 1.165) is 5.56 Å². The van der Waals surface area contributed by atoms with Crippen molar-refractivity contribution in [3.05, 3.63) is 59.9 Å². The predicted octanol–water partition coefficient (Wildman–Crippen LogP) is 1.79. The number of aromatic nitrogens is 1. The van der Waals surface area contributed by atoms with Crippen molar-refractivity contribution >= 4 is 23.3 Å². The van der Waals surface area contributed by atoms with Crippen LogP contribution in [0.4, 0.5) is 5.69 Å². The van der Waals surface area contributed by atoms with Crippen molar-refractivity contribution in [2.24, 2.45) is 17.3 Å². The highest BCUT2D eigenvalue weighted by Crippen LogP contribution is 2.62. The maximum absolute atomic E-state index is 13.0. The number of rotatable bonds is 3. The minimum absolute atomic E-state index is 0.159. The summed E-state index contributed by atoms with van der Waals surface area (Å²) in [6.07, 6.45) is 3.33. The lowest BCUT2D eigenvalue weighted by Crippen LogP contribution is -2.29. The Morgan fingerprint density at radius 1 is 1.24 bits per heavy atom. The van der Waals surface area contributed by atoms with Gasteiger partial charge in [0.05, 0.1) is 22.9 Å². The average molecular weight is 335 g/mol. The van der Waals surface area contributed by atoms with Gasteiger partial charge in [-0.1, -0.05) is 25.1 Å². The summed E-state index contributed by atoms with van der Waals surface area (Å²) in [5, 5.41) is 5.60. The first-order chi connectivity index (χ1) is 12.0. The van der Waals surface area contributed by atoms with Crippen LogP contribution in [0, 0.1) is 17.3 Å². The first-order valence-corrected chi connectivity index (χ1v) is 8.15. The molecule has 126 valence electrons. The van der Waals surface area contributed by atoms with E-state index in [1.807, 2.05) is 6.07 Å². The van der Waals surface area contributed by atoms with Gasteiger partial charge in [-0.15, -0.1) is 0 Å². The minimum Gasteiger partial charge on any atom is -0.352 e. The summed E-state index contributed by atoms with van der Waals surface area (Å²) in [4.78, 5) is 42.1. The number of carbonyl (C=O) groups is 3. The zero-order chi connectivity index (χ0) is 17.6. The fourth-order valence-corrected chi connectivity index (χ4v) is 3.74. The fourth-order valence-electron chi connectivity index (χ4n) is 3.74. The summed E-state index contributed by atoms with van der Waals surface area (Å²) >= 11 is 0. The number of Topliss-reactive ketones (excluding diaryl/α,β-unsaturated/α-hetero) is 1. The quantitative estimate of drug-likeness (QED) is 0.895. The van der Waals surface area contributed by atoms with Crippen LogP contribution in [0.2, 0.25) is 0 Å². The molecule has 25 heavy (non-hydrogen) atoms. The van der Waals surface area contributed by atoms with Crippen molar-refractivity contribution in [2.75, 3.05) is 5.32 Å². The molecule has 6 nitrogen and oxygen atoms in total. The molecule has 0 radical (unpaired) electrons. The second kappa shape index (κ2) is 5.51. The van der Waals surface area contributed by atoms with Crippen molar-refractivity contribution < 1.29 is 14.4 Å². The van der Waals surface area contributed by atoms with Crippen LogP contribution >= 0.6 is 0 Å². The topological polar surface area (TPSA) is 88.2 Å². The SMILES string of the molecule is C[C@]12C(=O)c3ccccc3NC(=O)C1[C@H]2C(=O)NCc1cccnc1. The molecule has 1 saturated carbocycles. The van der Waals surface area contributed by atoms with E-state index in [-0.39, 0.29) is 17.6 Å². The van der Waals surface area contributed by atoms with E-state index in [9.17, 15) is 14.4 Å². The second-order valence-electron chi connectivity index (χ2n) is 6.68. The molecule has 1 fully saturated rings. The third kappa shape index (κ3) is 2.33. The highest BCUT2D eigenvalue weighted by molar-refractivity contribution is 6.19. The Morgan fingerprint density at radius 2 is 2.04 bits per heavy atom. The average Bonchev–Trinajstić information content (AvgIpc) is 3.28. The lowest BCUT2D eigenvalue weighted by Gasteiger charge is -2.12. The van der Waals surface area contributed by atoms with Crippen LogP contribution in [-0.2, 0) is 16.1 Å². The molecule has 4 rings (SSSR count). The Bertz CT molecular complexity index is 880. The Balaban J connectivity index is 1.57. The number of ketones is 1. The molecule has 1 aliphatic heterocycles. The fraction of sp³-hybridized carbons (Fsp3) is 0.263. The highest BCUT2D eigenvalue weighted by atomic mass is 16.2. The zero-order valence-electron chi connectivity index (χ0n) is 13.7. The zero-order valence-corrected chi connectivity index (χ0v) is 13.7. The number of hydrogen-bond acceptors (Lipinski definition) is 4. The summed E-state index contributed by atoms with van der Waals surface area (Å²) in [6.45, 7) is 2.02. The molecule has 1 aromatic carbocycles. The Morgan fingerprint density at radius 3 is 2.80 bits per heavy atom. The van der Waals surface area contributed by atoms with E-state index >= 15 is 0 Å². The van der Waals surface area contributed by atoms with Crippen LogP contribution < -0.4 is 10.6 Å². The van der Waals surface area contributed by atoms with Crippen LogP contribution in [0.15, 0.2) is 48.8 Å². The van der Waals surface area contributed by atoms with Crippen molar-refractivity contribution in [1.82, 2.24) is 10.3 Å². The number of benzene rings is 1. The maximum atomic E-state index is 13.0. The van der Waals surface area contributed by atoms with Gasteiger partial charge < -0.3 is 10.6 Å². The third-order valence-corrected chi connectivity index (χ3v) is 5.19. The van der Waals surface area contributed by atoms with Crippen molar-refractivity contribution in [1.29, 1.82) is 0 Å². The summed E-state index contributed by atoms with van der Waals surface area (Å²) in [7, 11) is 0. The number of carbonyl (C=O) groups excluding carboxylic acids is 3. The highest BCUT2D eigenvalue weighted by Gasteiger charge is 2.73. The molecule has 2 amide bonds. The van der Waals surface area contributed by atoms with Crippen molar-refractivity contribution in [3.8, 4) is 0 Å². The summed E-state index contributed by atoms with van der Waals surface area (Å²) in [6, 6.07) is 10.6. The summed E-state index contributed by atoms with van der Waals surface area (Å²) < 4.78 is 0. The second-order valence-corrected chi connectivity index (χ2v) is 6.68. The monoisotopic (exact) mass is 335 g/mol. The van der Waals surface area contributed by atoms with E-state index in [1.54, 1.807) is 49.6 Å². The molecule has 2 aliphatic rings. The van der Waals surface area contributed by atoms with Crippen molar-refractivity contribution in [2.45, 2.75) is 13.5 Å². The normalized spacial score (nSPS) is 26.8. The molecule has 2 N–H and O–H groups in total. The largest absolute Gasteiger partial charge is 0.352 e. The number of anilines is 1. The van der Waals surface area contributed by atoms with Gasteiger partial charge in [0.25, 0.3) is 0 Å². The molecule has 2 heterocycles. The van der Waals surface area contributed by atoms with Gasteiger partial charge in [0.2, 0.25) is 11.8 Å². The number of fused-ring (bicyclic) bond motifs is 2. The molecule has 1 aliphatic carbocycles. The molecule has 3 atom stereocenters. The first kappa shape index (κ1) is 15.5. The standard InChI is InChI=1S/C19H17N3O3/c1-19-14(17(24)21-10-11-5-4-8-20-9-11)15(19)18(25)22-13-7-3-2-6-12(13)16(19)23/h2-9,14-15H,10H2,1H3,(H,21,24)(H,22,25)/t14-,15?,19+/m0/s1. The van der Waals surface area contributed by atoms with Gasteiger partial charge >= 0.3 is 0 Å². The maximum Gasteiger partial charge on any atom is 0.229 e. The van der Waals surface area contributed by atoms with Gasteiger partial charge in [-0.3, -0.25) is 19.4 Å².